The molecule has 1 heterocycles. The SMILES string of the molecule is CCNC(c1ccc(S(C)(=O)=O)cc1)c1cnccn1. The van der Waals surface area contributed by atoms with Gasteiger partial charge in [-0.1, -0.05) is 19.1 Å². The van der Waals surface area contributed by atoms with Gasteiger partial charge in [0.25, 0.3) is 0 Å². The molecule has 20 heavy (non-hydrogen) atoms. The van der Waals surface area contributed by atoms with Crippen LogP contribution in [0.1, 0.15) is 24.2 Å². The Bertz CT molecular complexity index is 655. The number of nitrogens with one attached hydrogen (secondary N) is 1. The summed E-state index contributed by atoms with van der Waals surface area (Å²) in [4.78, 5) is 8.69. The van der Waals surface area contributed by atoms with E-state index in [4.69, 9.17) is 0 Å². The van der Waals surface area contributed by atoms with Crippen LogP contribution in [0.5, 0.6) is 0 Å². The van der Waals surface area contributed by atoms with Gasteiger partial charge < -0.3 is 5.32 Å². The van der Waals surface area contributed by atoms with Gasteiger partial charge in [-0.15, -0.1) is 0 Å². The highest BCUT2D eigenvalue weighted by Gasteiger charge is 2.15. The van der Waals surface area contributed by atoms with Crippen molar-refractivity contribution in [2.24, 2.45) is 0 Å². The third-order valence-electron chi connectivity index (χ3n) is 2.93. The minimum Gasteiger partial charge on any atom is -0.305 e. The van der Waals surface area contributed by atoms with E-state index in [-0.39, 0.29) is 6.04 Å². The Labute approximate surface area is 119 Å². The predicted octanol–water partition coefficient (Wildman–Crippen LogP) is 1.58. The Morgan fingerprint density at radius 2 is 1.90 bits per heavy atom. The van der Waals surface area contributed by atoms with Crippen molar-refractivity contribution in [2.45, 2.75) is 17.9 Å². The summed E-state index contributed by atoms with van der Waals surface area (Å²) in [6.07, 6.45) is 6.17. The number of hydrogen-bond acceptors (Lipinski definition) is 5. The van der Waals surface area contributed by atoms with Crippen LogP contribution in [0.25, 0.3) is 0 Å². The lowest BCUT2D eigenvalue weighted by atomic mass is 10.0. The molecule has 0 bridgehead atoms. The second kappa shape index (κ2) is 6.11. The van der Waals surface area contributed by atoms with Gasteiger partial charge in [0.15, 0.2) is 9.84 Å². The zero-order valence-corrected chi connectivity index (χ0v) is 12.3. The predicted molar refractivity (Wildman–Crippen MR) is 77.1 cm³/mol. The van der Waals surface area contributed by atoms with Crippen molar-refractivity contribution >= 4 is 9.84 Å². The largest absolute Gasteiger partial charge is 0.305 e. The van der Waals surface area contributed by atoms with E-state index < -0.39 is 9.84 Å². The van der Waals surface area contributed by atoms with Crippen molar-refractivity contribution in [3.05, 3.63) is 54.1 Å². The molecule has 0 radical (unpaired) electrons. The van der Waals surface area contributed by atoms with E-state index in [9.17, 15) is 8.42 Å². The van der Waals surface area contributed by atoms with Crippen LogP contribution in [-0.2, 0) is 9.84 Å². The van der Waals surface area contributed by atoms with E-state index >= 15 is 0 Å². The first-order chi connectivity index (χ1) is 9.52. The van der Waals surface area contributed by atoms with Crippen molar-refractivity contribution in [3.63, 3.8) is 0 Å². The molecule has 0 fully saturated rings. The molecule has 1 aromatic carbocycles. The Morgan fingerprint density at radius 1 is 1.20 bits per heavy atom. The third kappa shape index (κ3) is 3.40. The topological polar surface area (TPSA) is 72.0 Å². The number of sulfone groups is 1. The molecule has 0 saturated carbocycles. The standard InChI is InChI=1S/C14H17N3O2S/c1-3-16-14(13-10-15-8-9-17-13)11-4-6-12(7-5-11)20(2,18)19/h4-10,14,16H,3H2,1-2H3. The first-order valence-electron chi connectivity index (χ1n) is 6.31. The number of hydrogen-bond donors (Lipinski definition) is 1. The van der Waals surface area contributed by atoms with Gasteiger partial charge in [-0.05, 0) is 24.2 Å². The summed E-state index contributed by atoms with van der Waals surface area (Å²) in [7, 11) is -3.17. The molecular weight excluding hydrogens is 274 g/mol. The Balaban J connectivity index is 2.36. The molecule has 0 amide bonds. The fourth-order valence-electron chi connectivity index (χ4n) is 1.96. The molecule has 1 unspecified atom stereocenters. The monoisotopic (exact) mass is 291 g/mol. The minimum absolute atomic E-state index is 0.0951. The number of aromatic nitrogens is 2. The maximum absolute atomic E-state index is 11.5. The van der Waals surface area contributed by atoms with Gasteiger partial charge in [-0.3, -0.25) is 9.97 Å². The lowest BCUT2D eigenvalue weighted by molar-refractivity contribution is 0.600. The summed E-state index contributed by atoms with van der Waals surface area (Å²) in [6, 6.07) is 6.75. The van der Waals surface area contributed by atoms with Crippen molar-refractivity contribution < 1.29 is 8.42 Å². The zero-order chi connectivity index (χ0) is 14.6. The average Bonchev–Trinajstić information content (AvgIpc) is 2.45. The van der Waals surface area contributed by atoms with Crippen LogP contribution < -0.4 is 5.32 Å². The van der Waals surface area contributed by atoms with Crippen LogP contribution in [0, 0.1) is 0 Å². The van der Waals surface area contributed by atoms with Crippen LogP contribution >= 0.6 is 0 Å². The van der Waals surface area contributed by atoms with Gasteiger partial charge in [0.05, 0.1) is 22.8 Å². The summed E-state index contributed by atoms with van der Waals surface area (Å²) < 4.78 is 22.9. The molecule has 6 heteroatoms. The maximum Gasteiger partial charge on any atom is 0.175 e. The Morgan fingerprint density at radius 3 is 2.40 bits per heavy atom. The molecule has 1 atom stereocenters. The highest BCUT2D eigenvalue weighted by molar-refractivity contribution is 7.90. The van der Waals surface area contributed by atoms with E-state index in [1.54, 1.807) is 42.9 Å². The summed E-state index contributed by atoms with van der Waals surface area (Å²) in [6.45, 7) is 2.78. The van der Waals surface area contributed by atoms with Crippen molar-refractivity contribution in [1.82, 2.24) is 15.3 Å². The first-order valence-corrected chi connectivity index (χ1v) is 8.21. The molecule has 0 aliphatic carbocycles. The van der Waals surface area contributed by atoms with Crippen LogP contribution in [-0.4, -0.2) is 31.2 Å². The molecule has 0 aliphatic rings. The third-order valence-corrected chi connectivity index (χ3v) is 4.06. The van der Waals surface area contributed by atoms with Gasteiger partial charge in [0.2, 0.25) is 0 Å². The van der Waals surface area contributed by atoms with E-state index in [0.29, 0.717) is 4.90 Å². The lowest BCUT2D eigenvalue weighted by Crippen LogP contribution is -2.23. The summed E-state index contributed by atoms with van der Waals surface area (Å²) in [5, 5.41) is 3.32. The molecule has 0 spiro atoms. The smallest absolute Gasteiger partial charge is 0.175 e. The molecule has 0 saturated heterocycles. The highest BCUT2D eigenvalue weighted by Crippen LogP contribution is 2.21. The number of rotatable bonds is 5. The van der Waals surface area contributed by atoms with Gasteiger partial charge >= 0.3 is 0 Å². The number of benzene rings is 1. The zero-order valence-electron chi connectivity index (χ0n) is 11.4. The molecule has 2 aromatic rings. The molecule has 1 N–H and O–H groups in total. The second-order valence-corrected chi connectivity index (χ2v) is 6.48. The average molecular weight is 291 g/mol. The fraction of sp³-hybridized carbons (Fsp3) is 0.286. The van der Waals surface area contributed by atoms with Crippen molar-refractivity contribution in [3.8, 4) is 0 Å². The second-order valence-electron chi connectivity index (χ2n) is 4.46. The van der Waals surface area contributed by atoms with E-state index in [1.807, 2.05) is 6.92 Å². The number of nitrogens with zero attached hydrogens (tertiary/aromatic N) is 2. The molecule has 106 valence electrons. The van der Waals surface area contributed by atoms with Crippen LogP contribution in [0.15, 0.2) is 47.8 Å². The summed E-state index contributed by atoms with van der Waals surface area (Å²) in [5.74, 6) is 0. The van der Waals surface area contributed by atoms with E-state index in [2.05, 4.69) is 15.3 Å². The summed E-state index contributed by atoms with van der Waals surface area (Å²) >= 11 is 0. The van der Waals surface area contributed by atoms with Gasteiger partial charge in [0, 0.05) is 18.6 Å². The van der Waals surface area contributed by atoms with Crippen molar-refractivity contribution in [1.29, 1.82) is 0 Å². The van der Waals surface area contributed by atoms with Crippen molar-refractivity contribution in [2.75, 3.05) is 12.8 Å². The van der Waals surface area contributed by atoms with Gasteiger partial charge in [-0.2, -0.15) is 0 Å². The molecule has 0 aliphatic heterocycles. The molecule has 1 aromatic heterocycles. The van der Waals surface area contributed by atoms with Gasteiger partial charge in [0.1, 0.15) is 0 Å². The quantitative estimate of drug-likeness (QED) is 0.905. The normalized spacial score (nSPS) is 13.1. The van der Waals surface area contributed by atoms with Gasteiger partial charge in [-0.25, -0.2) is 8.42 Å². The molecule has 5 nitrogen and oxygen atoms in total. The first kappa shape index (κ1) is 14.6. The van der Waals surface area contributed by atoms with Crippen LogP contribution in [0.2, 0.25) is 0 Å². The van der Waals surface area contributed by atoms with Crippen LogP contribution in [0.3, 0.4) is 0 Å². The van der Waals surface area contributed by atoms with Crippen LogP contribution in [0.4, 0.5) is 0 Å². The summed E-state index contributed by atoms with van der Waals surface area (Å²) in [5.41, 5.74) is 1.77. The maximum atomic E-state index is 11.5. The Hall–Kier alpha value is -1.79. The van der Waals surface area contributed by atoms with E-state index in [1.165, 1.54) is 6.26 Å². The Kier molecular flexibility index (Phi) is 4.46. The molecule has 2 rings (SSSR count). The molecular formula is C14H17N3O2S. The minimum atomic E-state index is -3.17. The van der Waals surface area contributed by atoms with E-state index in [0.717, 1.165) is 17.8 Å². The lowest BCUT2D eigenvalue weighted by Gasteiger charge is -2.17. The fourth-order valence-corrected chi connectivity index (χ4v) is 2.59. The highest BCUT2D eigenvalue weighted by atomic mass is 32.2.